The highest BCUT2D eigenvalue weighted by Crippen LogP contribution is 2.25. The van der Waals surface area contributed by atoms with Gasteiger partial charge in [-0.2, -0.15) is 0 Å². The van der Waals surface area contributed by atoms with Crippen molar-refractivity contribution in [3.05, 3.63) is 82.0 Å². The van der Waals surface area contributed by atoms with Crippen molar-refractivity contribution in [2.45, 2.75) is 39.8 Å². The molecule has 5 heteroatoms. The van der Waals surface area contributed by atoms with E-state index in [-0.39, 0.29) is 11.3 Å². The van der Waals surface area contributed by atoms with E-state index in [2.05, 4.69) is 11.8 Å². The van der Waals surface area contributed by atoms with Gasteiger partial charge in [0.1, 0.15) is 0 Å². The zero-order valence-electron chi connectivity index (χ0n) is 16.7. The molecule has 2 aromatic carbocycles. The molecular weight excluding hydrogens is 364 g/mol. The quantitative estimate of drug-likeness (QED) is 0.621. The van der Waals surface area contributed by atoms with Crippen molar-refractivity contribution >= 4 is 5.97 Å². The molecular formula is C24H24N2O3. The fourth-order valence-electron chi connectivity index (χ4n) is 3.39. The molecule has 1 heterocycles. The van der Waals surface area contributed by atoms with E-state index in [1.807, 2.05) is 55.6 Å². The maximum Gasteiger partial charge on any atom is 0.336 e. The van der Waals surface area contributed by atoms with Gasteiger partial charge < -0.3 is 5.11 Å². The Labute approximate surface area is 170 Å². The topological polar surface area (TPSA) is 64.2 Å². The number of rotatable bonds is 7. The van der Waals surface area contributed by atoms with Crippen molar-refractivity contribution < 1.29 is 9.90 Å². The van der Waals surface area contributed by atoms with Crippen molar-refractivity contribution in [2.24, 2.45) is 0 Å². The number of aromatic carboxylic acids is 1. The van der Waals surface area contributed by atoms with Gasteiger partial charge >= 0.3 is 11.7 Å². The SMILES string of the molecule is CC#CCc1cn(CCC)c(=O)n1Cc1ccc(-c2ccccc2)c(C(=O)O)c1. The van der Waals surface area contributed by atoms with E-state index in [0.29, 0.717) is 25.1 Å². The van der Waals surface area contributed by atoms with Gasteiger partial charge in [0, 0.05) is 12.7 Å². The van der Waals surface area contributed by atoms with Gasteiger partial charge in [-0.1, -0.05) is 55.3 Å². The summed E-state index contributed by atoms with van der Waals surface area (Å²) in [6, 6.07) is 14.8. The molecule has 0 radical (unpaired) electrons. The molecule has 0 amide bonds. The molecule has 0 saturated carbocycles. The third-order valence-corrected chi connectivity index (χ3v) is 4.78. The fraction of sp³-hybridized carbons (Fsp3) is 0.250. The van der Waals surface area contributed by atoms with Crippen LogP contribution in [0.5, 0.6) is 0 Å². The lowest BCUT2D eigenvalue weighted by Gasteiger charge is -2.11. The average molecular weight is 388 g/mol. The first-order chi connectivity index (χ1) is 14.0. The molecule has 0 atom stereocenters. The number of nitrogens with zero attached hydrogens (tertiary/aromatic N) is 2. The Hall–Kier alpha value is -3.52. The maximum atomic E-state index is 12.8. The fourth-order valence-corrected chi connectivity index (χ4v) is 3.39. The lowest BCUT2D eigenvalue weighted by Crippen LogP contribution is -2.25. The summed E-state index contributed by atoms with van der Waals surface area (Å²) in [7, 11) is 0. The summed E-state index contributed by atoms with van der Waals surface area (Å²) in [5, 5.41) is 9.73. The second-order valence-electron chi connectivity index (χ2n) is 6.84. The molecule has 0 fully saturated rings. The molecule has 0 unspecified atom stereocenters. The van der Waals surface area contributed by atoms with Crippen LogP contribution in [0.3, 0.4) is 0 Å². The maximum absolute atomic E-state index is 12.8. The first kappa shape index (κ1) is 20.2. The number of imidazole rings is 1. The minimum Gasteiger partial charge on any atom is -0.478 e. The van der Waals surface area contributed by atoms with Crippen LogP contribution in [0.4, 0.5) is 0 Å². The largest absolute Gasteiger partial charge is 0.478 e. The van der Waals surface area contributed by atoms with Gasteiger partial charge in [0.15, 0.2) is 0 Å². The third kappa shape index (κ3) is 4.49. The molecule has 5 nitrogen and oxygen atoms in total. The average Bonchev–Trinajstić information content (AvgIpc) is 3.02. The monoisotopic (exact) mass is 388 g/mol. The predicted molar refractivity (Wildman–Crippen MR) is 114 cm³/mol. The number of carbonyl (C=O) groups is 1. The van der Waals surface area contributed by atoms with Crippen LogP contribution in [-0.2, 0) is 19.5 Å². The van der Waals surface area contributed by atoms with Crippen molar-refractivity contribution in [3.63, 3.8) is 0 Å². The van der Waals surface area contributed by atoms with E-state index in [4.69, 9.17) is 0 Å². The second kappa shape index (κ2) is 9.11. The molecule has 1 aromatic heterocycles. The molecule has 0 aliphatic rings. The summed E-state index contributed by atoms with van der Waals surface area (Å²) in [5.74, 6) is 4.89. The lowest BCUT2D eigenvalue weighted by atomic mass is 9.97. The Balaban J connectivity index is 2.02. The van der Waals surface area contributed by atoms with Gasteiger partial charge in [-0.25, -0.2) is 9.59 Å². The Morgan fingerprint density at radius 3 is 2.55 bits per heavy atom. The molecule has 0 spiro atoms. The van der Waals surface area contributed by atoms with Gasteiger partial charge in [0.25, 0.3) is 0 Å². The zero-order valence-corrected chi connectivity index (χ0v) is 16.7. The summed E-state index contributed by atoms with van der Waals surface area (Å²) < 4.78 is 3.38. The van der Waals surface area contributed by atoms with E-state index < -0.39 is 5.97 Å². The standard InChI is InChI=1S/C24H24N2O3/c1-3-5-11-20-17-25(14-4-2)24(29)26(20)16-18-12-13-21(22(15-18)23(27)28)19-9-7-6-8-10-19/h6-10,12-13,15,17H,4,11,14,16H2,1-2H3,(H,27,28). The summed E-state index contributed by atoms with van der Waals surface area (Å²) in [4.78, 5) is 24.7. The van der Waals surface area contributed by atoms with Crippen LogP contribution in [-0.4, -0.2) is 20.2 Å². The van der Waals surface area contributed by atoms with Crippen molar-refractivity contribution in [1.29, 1.82) is 0 Å². The summed E-state index contributed by atoms with van der Waals surface area (Å²) in [6.45, 7) is 4.75. The Kier molecular flexibility index (Phi) is 6.36. The number of carboxylic acids is 1. The molecule has 29 heavy (non-hydrogen) atoms. The summed E-state index contributed by atoms with van der Waals surface area (Å²) in [5.41, 5.74) is 3.25. The highest BCUT2D eigenvalue weighted by Gasteiger charge is 2.15. The second-order valence-corrected chi connectivity index (χ2v) is 6.84. The van der Waals surface area contributed by atoms with Crippen LogP contribution in [0, 0.1) is 11.8 Å². The van der Waals surface area contributed by atoms with Gasteiger partial charge in [-0.15, -0.1) is 5.92 Å². The smallest absolute Gasteiger partial charge is 0.336 e. The van der Waals surface area contributed by atoms with Crippen LogP contribution in [0.2, 0.25) is 0 Å². The first-order valence-corrected chi connectivity index (χ1v) is 9.65. The number of hydrogen-bond donors (Lipinski definition) is 1. The van der Waals surface area contributed by atoms with E-state index in [9.17, 15) is 14.7 Å². The van der Waals surface area contributed by atoms with Crippen molar-refractivity contribution in [2.75, 3.05) is 0 Å². The molecule has 1 N–H and O–H groups in total. The van der Waals surface area contributed by atoms with Crippen molar-refractivity contribution in [3.8, 4) is 23.0 Å². The molecule has 148 valence electrons. The van der Waals surface area contributed by atoms with Gasteiger partial charge in [-0.05, 0) is 36.1 Å². The van der Waals surface area contributed by atoms with Crippen LogP contribution >= 0.6 is 0 Å². The zero-order chi connectivity index (χ0) is 20.8. The number of benzene rings is 2. The first-order valence-electron chi connectivity index (χ1n) is 9.65. The van der Waals surface area contributed by atoms with Gasteiger partial charge in [0.2, 0.25) is 0 Å². The normalized spacial score (nSPS) is 10.4. The highest BCUT2D eigenvalue weighted by atomic mass is 16.4. The molecule has 0 saturated heterocycles. The molecule has 3 rings (SSSR count). The highest BCUT2D eigenvalue weighted by molar-refractivity contribution is 5.96. The third-order valence-electron chi connectivity index (χ3n) is 4.78. The molecule has 0 aliphatic carbocycles. The van der Waals surface area contributed by atoms with E-state index in [1.54, 1.807) is 22.1 Å². The van der Waals surface area contributed by atoms with Crippen LogP contribution < -0.4 is 5.69 Å². The van der Waals surface area contributed by atoms with Crippen LogP contribution in [0.15, 0.2) is 59.5 Å². The minimum atomic E-state index is -0.987. The Morgan fingerprint density at radius 1 is 1.14 bits per heavy atom. The van der Waals surface area contributed by atoms with Crippen molar-refractivity contribution in [1.82, 2.24) is 9.13 Å². The summed E-state index contributed by atoms with van der Waals surface area (Å²) >= 11 is 0. The van der Waals surface area contributed by atoms with E-state index in [1.165, 1.54) is 0 Å². The number of aryl methyl sites for hydroxylation is 1. The number of carboxylic acid groups (broad SMARTS) is 1. The molecule has 0 bridgehead atoms. The molecule has 0 aliphatic heterocycles. The Morgan fingerprint density at radius 2 is 1.90 bits per heavy atom. The van der Waals surface area contributed by atoms with Gasteiger partial charge in [0.05, 0.1) is 24.2 Å². The Bertz CT molecular complexity index is 1130. The number of aromatic nitrogens is 2. The summed E-state index contributed by atoms with van der Waals surface area (Å²) in [6.07, 6.45) is 3.20. The predicted octanol–water partition coefficient (Wildman–Crippen LogP) is 4.04. The van der Waals surface area contributed by atoms with Gasteiger partial charge in [-0.3, -0.25) is 9.13 Å². The minimum absolute atomic E-state index is 0.0937. The number of hydrogen-bond acceptors (Lipinski definition) is 2. The molecule has 3 aromatic rings. The van der Waals surface area contributed by atoms with E-state index >= 15 is 0 Å². The lowest BCUT2D eigenvalue weighted by molar-refractivity contribution is 0.0697. The van der Waals surface area contributed by atoms with Crippen LogP contribution in [0.1, 0.15) is 41.9 Å². The van der Waals surface area contributed by atoms with E-state index in [0.717, 1.165) is 23.2 Å². The van der Waals surface area contributed by atoms with Crippen LogP contribution in [0.25, 0.3) is 11.1 Å².